The second-order valence-electron chi connectivity index (χ2n) is 5.12. The van der Waals surface area contributed by atoms with Gasteiger partial charge in [-0.3, -0.25) is 4.68 Å². The Balaban J connectivity index is 2.06. The van der Waals surface area contributed by atoms with Crippen molar-refractivity contribution in [2.75, 3.05) is 7.11 Å². The van der Waals surface area contributed by atoms with Crippen molar-refractivity contribution in [1.82, 2.24) is 15.1 Å². The van der Waals surface area contributed by atoms with E-state index in [0.29, 0.717) is 17.9 Å². The van der Waals surface area contributed by atoms with E-state index in [1.165, 1.54) is 13.2 Å². The Bertz CT molecular complexity index is 610. The van der Waals surface area contributed by atoms with E-state index in [2.05, 4.69) is 17.3 Å². The van der Waals surface area contributed by atoms with Crippen LogP contribution in [0.25, 0.3) is 0 Å². The molecule has 0 fully saturated rings. The molecular weight excluding hydrogens is 269 g/mol. The largest absolute Gasteiger partial charge is 0.497 e. The number of ether oxygens (including phenoxy) is 1. The third-order valence-corrected chi connectivity index (χ3v) is 3.60. The molecule has 1 unspecified atom stereocenters. The average molecular weight is 291 g/mol. The highest BCUT2D eigenvalue weighted by Crippen LogP contribution is 2.22. The van der Waals surface area contributed by atoms with E-state index in [1.54, 1.807) is 12.1 Å². The third-order valence-electron chi connectivity index (χ3n) is 3.60. The fourth-order valence-electron chi connectivity index (χ4n) is 2.39. The maximum atomic E-state index is 14.0. The van der Waals surface area contributed by atoms with Gasteiger partial charge in [-0.05, 0) is 19.4 Å². The van der Waals surface area contributed by atoms with Gasteiger partial charge in [0.05, 0.1) is 12.8 Å². The Hall–Kier alpha value is -1.88. The number of hydrogen-bond donors (Lipinski definition) is 1. The first-order valence-electron chi connectivity index (χ1n) is 7.13. The molecule has 1 atom stereocenters. The zero-order chi connectivity index (χ0) is 15.4. The van der Waals surface area contributed by atoms with Crippen molar-refractivity contribution in [2.24, 2.45) is 7.05 Å². The van der Waals surface area contributed by atoms with Gasteiger partial charge < -0.3 is 10.1 Å². The quantitative estimate of drug-likeness (QED) is 0.889. The van der Waals surface area contributed by atoms with Crippen molar-refractivity contribution in [3.8, 4) is 5.75 Å². The maximum Gasteiger partial charge on any atom is 0.131 e. The molecule has 1 aromatic heterocycles. The zero-order valence-corrected chi connectivity index (χ0v) is 13.0. The summed E-state index contributed by atoms with van der Waals surface area (Å²) >= 11 is 0. The molecule has 0 aliphatic carbocycles. The molecule has 0 saturated carbocycles. The van der Waals surface area contributed by atoms with Gasteiger partial charge in [0.1, 0.15) is 11.6 Å². The van der Waals surface area contributed by atoms with Gasteiger partial charge in [0.2, 0.25) is 0 Å². The number of benzene rings is 1. The molecule has 0 radical (unpaired) electrons. The standard InChI is InChI=1S/C16H22FN3O/c1-5-16-12(10-20(3)19-16)9-18-11(2)14-7-6-13(21-4)8-15(14)17/h6-8,10-11,18H,5,9H2,1-4H3. The van der Waals surface area contributed by atoms with Gasteiger partial charge in [-0.2, -0.15) is 5.10 Å². The highest BCUT2D eigenvalue weighted by Gasteiger charge is 2.13. The maximum absolute atomic E-state index is 14.0. The topological polar surface area (TPSA) is 39.1 Å². The van der Waals surface area contributed by atoms with Gasteiger partial charge in [0.25, 0.3) is 0 Å². The minimum atomic E-state index is -0.253. The Labute approximate surface area is 124 Å². The summed E-state index contributed by atoms with van der Waals surface area (Å²) in [6.45, 7) is 4.70. The molecule has 1 N–H and O–H groups in total. The van der Waals surface area contributed by atoms with Crippen LogP contribution >= 0.6 is 0 Å². The number of aryl methyl sites for hydroxylation is 2. The van der Waals surface area contributed by atoms with E-state index >= 15 is 0 Å². The van der Waals surface area contributed by atoms with Gasteiger partial charge in [0.15, 0.2) is 0 Å². The summed E-state index contributed by atoms with van der Waals surface area (Å²) in [7, 11) is 3.44. The van der Waals surface area contributed by atoms with Crippen LogP contribution in [0.4, 0.5) is 4.39 Å². The van der Waals surface area contributed by atoms with Crippen molar-refractivity contribution in [2.45, 2.75) is 32.9 Å². The van der Waals surface area contributed by atoms with E-state index in [-0.39, 0.29) is 11.9 Å². The number of halogens is 1. The molecule has 4 nitrogen and oxygen atoms in total. The molecule has 1 aromatic carbocycles. The molecule has 0 saturated heterocycles. The lowest BCUT2D eigenvalue weighted by atomic mass is 10.1. The van der Waals surface area contributed by atoms with Gasteiger partial charge in [0, 0.05) is 43.0 Å². The number of hydrogen-bond acceptors (Lipinski definition) is 3. The summed E-state index contributed by atoms with van der Waals surface area (Å²) in [5.74, 6) is 0.278. The molecule has 0 aliphatic heterocycles. The van der Waals surface area contributed by atoms with Crippen LogP contribution in [0.15, 0.2) is 24.4 Å². The van der Waals surface area contributed by atoms with Gasteiger partial charge in [-0.1, -0.05) is 13.0 Å². The Kier molecular flexibility index (Phi) is 4.96. The number of rotatable bonds is 6. The molecule has 5 heteroatoms. The minimum Gasteiger partial charge on any atom is -0.497 e. The molecule has 114 valence electrons. The summed E-state index contributed by atoms with van der Waals surface area (Å²) in [4.78, 5) is 0. The summed E-state index contributed by atoms with van der Waals surface area (Å²) in [6, 6.07) is 4.86. The Morgan fingerprint density at radius 2 is 2.19 bits per heavy atom. The lowest BCUT2D eigenvalue weighted by Crippen LogP contribution is -2.19. The number of aromatic nitrogens is 2. The molecule has 0 spiro atoms. The first-order valence-corrected chi connectivity index (χ1v) is 7.13. The minimum absolute atomic E-state index is 0.0826. The van der Waals surface area contributed by atoms with Crippen LogP contribution in [0.5, 0.6) is 5.75 Å². The van der Waals surface area contributed by atoms with Crippen molar-refractivity contribution in [1.29, 1.82) is 0 Å². The van der Waals surface area contributed by atoms with Crippen LogP contribution in [0, 0.1) is 5.82 Å². The molecule has 0 amide bonds. The molecule has 2 aromatic rings. The molecule has 0 bridgehead atoms. The molecular formula is C16H22FN3O. The van der Waals surface area contributed by atoms with E-state index in [0.717, 1.165) is 17.7 Å². The normalized spacial score (nSPS) is 12.4. The smallest absolute Gasteiger partial charge is 0.131 e. The third kappa shape index (κ3) is 3.61. The van der Waals surface area contributed by atoms with E-state index < -0.39 is 0 Å². The molecule has 1 heterocycles. The fourth-order valence-corrected chi connectivity index (χ4v) is 2.39. The molecule has 2 rings (SSSR count). The summed E-state index contributed by atoms with van der Waals surface area (Å²) in [6.07, 6.45) is 2.89. The number of nitrogens with zero attached hydrogens (tertiary/aromatic N) is 2. The zero-order valence-electron chi connectivity index (χ0n) is 13.0. The Morgan fingerprint density at radius 3 is 2.81 bits per heavy atom. The predicted octanol–water partition coefficient (Wildman–Crippen LogP) is 2.98. The monoisotopic (exact) mass is 291 g/mol. The summed E-state index contributed by atoms with van der Waals surface area (Å²) < 4.78 is 20.9. The lowest BCUT2D eigenvalue weighted by Gasteiger charge is -2.15. The predicted molar refractivity (Wildman–Crippen MR) is 80.8 cm³/mol. The fraction of sp³-hybridized carbons (Fsp3) is 0.438. The van der Waals surface area contributed by atoms with Crippen molar-refractivity contribution in [3.05, 3.63) is 47.0 Å². The van der Waals surface area contributed by atoms with Crippen molar-refractivity contribution < 1.29 is 9.13 Å². The van der Waals surface area contributed by atoms with Crippen LogP contribution in [0.3, 0.4) is 0 Å². The first kappa shape index (κ1) is 15.5. The van der Waals surface area contributed by atoms with E-state index in [4.69, 9.17) is 4.74 Å². The second kappa shape index (κ2) is 6.72. The number of nitrogens with one attached hydrogen (secondary N) is 1. The van der Waals surface area contributed by atoms with E-state index in [1.807, 2.05) is 24.9 Å². The van der Waals surface area contributed by atoms with Gasteiger partial charge >= 0.3 is 0 Å². The lowest BCUT2D eigenvalue weighted by molar-refractivity contribution is 0.409. The van der Waals surface area contributed by atoms with Crippen molar-refractivity contribution >= 4 is 0 Å². The number of methoxy groups -OCH3 is 1. The Morgan fingerprint density at radius 1 is 1.43 bits per heavy atom. The van der Waals surface area contributed by atoms with Crippen LogP contribution in [0.2, 0.25) is 0 Å². The van der Waals surface area contributed by atoms with Gasteiger partial charge in [-0.15, -0.1) is 0 Å². The van der Waals surface area contributed by atoms with Crippen LogP contribution in [-0.4, -0.2) is 16.9 Å². The second-order valence-corrected chi connectivity index (χ2v) is 5.12. The molecule has 21 heavy (non-hydrogen) atoms. The first-order chi connectivity index (χ1) is 10.0. The SMILES string of the molecule is CCc1nn(C)cc1CNC(C)c1ccc(OC)cc1F. The van der Waals surface area contributed by atoms with Crippen molar-refractivity contribution in [3.63, 3.8) is 0 Å². The van der Waals surface area contributed by atoms with Crippen LogP contribution < -0.4 is 10.1 Å². The highest BCUT2D eigenvalue weighted by molar-refractivity contribution is 5.30. The summed E-state index contributed by atoms with van der Waals surface area (Å²) in [5.41, 5.74) is 2.87. The molecule has 0 aliphatic rings. The van der Waals surface area contributed by atoms with E-state index in [9.17, 15) is 4.39 Å². The van der Waals surface area contributed by atoms with Gasteiger partial charge in [-0.25, -0.2) is 4.39 Å². The summed E-state index contributed by atoms with van der Waals surface area (Å²) in [5, 5.41) is 7.75. The van der Waals surface area contributed by atoms with Crippen LogP contribution in [-0.2, 0) is 20.0 Å². The average Bonchev–Trinajstić information content (AvgIpc) is 2.84. The highest BCUT2D eigenvalue weighted by atomic mass is 19.1. The van der Waals surface area contributed by atoms with Crippen LogP contribution in [0.1, 0.15) is 36.7 Å².